The van der Waals surface area contributed by atoms with Crippen molar-refractivity contribution in [2.45, 2.75) is 25.7 Å². The predicted octanol–water partition coefficient (Wildman–Crippen LogP) is 1.30. The molecule has 0 aromatic heterocycles. The first kappa shape index (κ1) is 9.90. The van der Waals surface area contributed by atoms with Crippen molar-refractivity contribution >= 4 is 11.8 Å². The topological polar surface area (TPSA) is 46.2 Å². The van der Waals surface area contributed by atoms with Crippen LogP contribution in [0.5, 0.6) is 0 Å². The largest absolute Gasteiger partial charge is 0.296 e. The second-order valence-corrected chi connectivity index (χ2v) is 4.25. The zero-order chi connectivity index (χ0) is 11.1. The minimum absolute atomic E-state index is 0.192. The minimum atomic E-state index is -0.690. The number of nitrogens with one attached hydrogen (secondary N) is 1. The summed E-state index contributed by atoms with van der Waals surface area (Å²) in [5, 5.41) is 2.34. The summed E-state index contributed by atoms with van der Waals surface area (Å²) in [5.74, 6) is -0.389. The number of carbonyl (C=O) groups is 2. The second-order valence-electron chi connectivity index (χ2n) is 4.25. The van der Waals surface area contributed by atoms with Crippen molar-refractivity contribution in [3.63, 3.8) is 0 Å². The summed E-state index contributed by atoms with van der Waals surface area (Å²) in [5.41, 5.74) is 1.36. The Morgan fingerprint density at radius 2 is 1.80 bits per heavy atom. The van der Waals surface area contributed by atoms with E-state index in [1.807, 2.05) is 31.2 Å². The van der Waals surface area contributed by atoms with Gasteiger partial charge in [0, 0.05) is 6.42 Å². The molecule has 15 heavy (non-hydrogen) atoms. The van der Waals surface area contributed by atoms with Crippen LogP contribution in [-0.4, -0.2) is 11.8 Å². The quantitative estimate of drug-likeness (QED) is 0.699. The van der Waals surface area contributed by atoms with Gasteiger partial charge in [-0.05, 0) is 19.4 Å². The zero-order valence-corrected chi connectivity index (χ0v) is 8.83. The molecule has 1 saturated heterocycles. The first-order chi connectivity index (χ1) is 7.02. The summed E-state index contributed by atoms with van der Waals surface area (Å²) in [6.45, 7) is 3.80. The molecule has 1 N–H and O–H groups in total. The first-order valence-corrected chi connectivity index (χ1v) is 4.94. The molecular formula is C12H13NO2. The third-order valence-electron chi connectivity index (χ3n) is 2.96. The Morgan fingerprint density at radius 3 is 2.27 bits per heavy atom. The van der Waals surface area contributed by atoms with Gasteiger partial charge >= 0.3 is 0 Å². The van der Waals surface area contributed by atoms with Crippen molar-refractivity contribution in [3.8, 4) is 0 Å². The molecule has 1 fully saturated rings. The van der Waals surface area contributed by atoms with E-state index in [9.17, 15) is 9.59 Å². The highest BCUT2D eigenvalue weighted by Gasteiger charge is 2.43. The van der Waals surface area contributed by atoms with E-state index in [0.717, 1.165) is 11.1 Å². The van der Waals surface area contributed by atoms with Gasteiger partial charge in [-0.15, -0.1) is 0 Å². The maximum Gasteiger partial charge on any atom is 0.237 e. The molecule has 1 aliphatic rings. The van der Waals surface area contributed by atoms with Crippen LogP contribution in [0, 0.1) is 6.92 Å². The molecule has 0 bridgehead atoms. The third-order valence-corrected chi connectivity index (χ3v) is 2.96. The van der Waals surface area contributed by atoms with Crippen molar-refractivity contribution in [2.75, 3.05) is 0 Å². The lowest BCUT2D eigenvalue weighted by Crippen LogP contribution is -2.32. The Hall–Kier alpha value is -1.64. The van der Waals surface area contributed by atoms with Crippen LogP contribution >= 0.6 is 0 Å². The lowest BCUT2D eigenvalue weighted by molar-refractivity contribution is -0.126. The highest BCUT2D eigenvalue weighted by atomic mass is 16.2. The molecule has 1 aromatic carbocycles. The molecule has 0 saturated carbocycles. The highest BCUT2D eigenvalue weighted by Crippen LogP contribution is 2.31. The monoisotopic (exact) mass is 203 g/mol. The number of rotatable bonds is 1. The fraction of sp³-hybridized carbons (Fsp3) is 0.333. The minimum Gasteiger partial charge on any atom is -0.296 e. The van der Waals surface area contributed by atoms with Gasteiger partial charge in [0.2, 0.25) is 11.8 Å². The van der Waals surface area contributed by atoms with Gasteiger partial charge in [-0.25, -0.2) is 0 Å². The molecule has 0 radical (unpaired) electrons. The molecule has 3 nitrogen and oxygen atoms in total. The Balaban J connectivity index is 2.41. The summed E-state index contributed by atoms with van der Waals surface area (Å²) in [6.07, 6.45) is 0.245. The average molecular weight is 203 g/mol. The van der Waals surface area contributed by atoms with Gasteiger partial charge in [0.05, 0.1) is 5.41 Å². The fourth-order valence-electron chi connectivity index (χ4n) is 1.86. The molecule has 0 unspecified atom stereocenters. The maximum absolute atomic E-state index is 11.7. The van der Waals surface area contributed by atoms with Crippen LogP contribution in [0.3, 0.4) is 0 Å². The number of benzene rings is 1. The molecule has 0 aliphatic carbocycles. The lowest BCUT2D eigenvalue weighted by atomic mass is 9.81. The fourth-order valence-corrected chi connectivity index (χ4v) is 1.86. The summed E-state index contributed by atoms with van der Waals surface area (Å²) < 4.78 is 0. The molecular weight excluding hydrogens is 190 g/mol. The molecule has 1 aliphatic heterocycles. The lowest BCUT2D eigenvalue weighted by Gasteiger charge is -2.19. The van der Waals surface area contributed by atoms with Crippen LogP contribution < -0.4 is 5.32 Å². The molecule has 1 atom stereocenters. The normalized spacial score (nSPS) is 25.5. The van der Waals surface area contributed by atoms with E-state index in [-0.39, 0.29) is 18.2 Å². The van der Waals surface area contributed by atoms with E-state index in [2.05, 4.69) is 5.32 Å². The number of carbonyl (C=O) groups excluding carboxylic acids is 2. The van der Waals surface area contributed by atoms with Crippen molar-refractivity contribution in [2.24, 2.45) is 0 Å². The van der Waals surface area contributed by atoms with E-state index >= 15 is 0 Å². The molecule has 78 valence electrons. The van der Waals surface area contributed by atoms with Crippen LogP contribution in [0.25, 0.3) is 0 Å². The van der Waals surface area contributed by atoms with Crippen molar-refractivity contribution < 1.29 is 9.59 Å². The van der Waals surface area contributed by atoms with E-state index in [4.69, 9.17) is 0 Å². The van der Waals surface area contributed by atoms with Gasteiger partial charge in [0.15, 0.2) is 0 Å². The Kier molecular flexibility index (Phi) is 2.11. The summed E-state index contributed by atoms with van der Waals surface area (Å²) in [7, 11) is 0. The van der Waals surface area contributed by atoms with Gasteiger partial charge in [0.1, 0.15) is 0 Å². The van der Waals surface area contributed by atoms with Gasteiger partial charge in [-0.3, -0.25) is 14.9 Å². The van der Waals surface area contributed by atoms with E-state index in [0.29, 0.717) is 0 Å². The Bertz CT molecular complexity index is 422. The molecule has 3 heteroatoms. The van der Waals surface area contributed by atoms with Crippen molar-refractivity contribution in [1.82, 2.24) is 5.32 Å². The summed E-state index contributed by atoms with van der Waals surface area (Å²) >= 11 is 0. The van der Waals surface area contributed by atoms with Crippen LogP contribution in [0.4, 0.5) is 0 Å². The van der Waals surface area contributed by atoms with E-state index in [1.165, 1.54) is 0 Å². The summed E-state index contributed by atoms with van der Waals surface area (Å²) in [6, 6.07) is 7.73. The number of imide groups is 1. The molecule has 0 spiro atoms. The first-order valence-electron chi connectivity index (χ1n) is 4.94. The van der Waals surface area contributed by atoms with E-state index < -0.39 is 5.41 Å². The predicted molar refractivity (Wildman–Crippen MR) is 56.3 cm³/mol. The number of aryl methyl sites for hydroxylation is 1. The van der Waals surface area contributed by atoms with Crippen molar-refractivity contribution in [3.05, 3.63) is 35.4 Å². The molecule has 1 aromatic rings. The SMILES string of the molecule is Cc1ccc([C@@]2(C)CC(=O)NC2=O)cc1. The molecule has 2 rings (SSSR count). The average Bonchev–Trinajstić information content (AvgIpc) is 2.42. The van der Waals surface area contributed by atoms with Crippen LogP contribution in [0.1, 0.15) is 24.5 Å². The standard InChI is InChI=1S/C12H13NO2/c1-8-3-5-9(6-4-8)12(2)7-10(14)13-11(12)15/h3-6H,7H2,1-2H3,(H,13,14,15)/t12-/m1/s1. The van der Waals surface area contributed by atoms with Gasteiger partial charge in [-0.2, -0.15) is 0 Å². The van der Waals surface area contributed by atoms with Crippen LogP contribution in [0.2, 0.25) is 0 Å². The van der Waals surface area contributed by atoms with Crippen LogP contribution in [-0.2, 0) is 15.0 Å². The number of amides is 2. The summed E-state index contributed by atoms with van der Waals surface area (Å²) in [4.78, 5) is 22.8. The molecule has 2 amide bonds. The second kappa shape index (κ2) is 3.19. The number of hydrogen-bond donors (Lipinski definition) is 1. The Morgan fingerprint density at radius 1 is 1.20 bits per heavy atom. The zero-order valence-electron chi connectivity index (χ0n) is 8.83. The van der Waals surface area contributed by atoms with E-state index in [1.54, 1.807) is 6.92 Å². The van der Waals surface area contributed by atoms with Crippen LogP contribution in [0.15, 0.2) is 24.3 Å². The Labute approximate surface area is 88.5 Å². The van der Waals surface area contributed by atoms with Gasteiger partial charge in [-0.1, -0.05) is 29.8 Å². The van der Waals surface area contributed by atoms with Crippen molar-refractivity contribution in [1.29, 1.82) is 0 Å². The highest BCUT2D eigenvalue weighted by molar-refractivity contribution is 6.08. The smallest absolute Gasteiger partial charge is 0.237 e. The maximum atomic E-state index is 11.7. The molecule has 1 heterocycles. The number of hydrogen-bond acceptors (Lipinski definition) is 2. The third kappa shape index (κ3) is 1.54. The van der Waals surface area contributed by atoms with Gasteiger partial charge in [0.25, 0.3) is 0 Å². The van der Waals surface area contributed by atoms with Gasteiger partial charge < -0.3 is 0 Å².